The van der Waals surface area contributed by atoms with E-state index in [4.69, 9.17) is 4.74 Å². The molecule has 5 heteroatoms. The Balaban J connectivity index is 1.71. The van der Waals surface area contributed by atoms with Gasteiger partial charge in [0.1, 0.15) is 5.75 Å². The highest BCUT2D eigenvalue weighted by atomic mass is 16.5. The van der Waals surface area contributed by atoms with Crippen molar-refractivity contribution in [1.82, 2.24) is 5.32 Å². The summed E-state index contributed by atoms with van der Waals surface area (Å²) in [6.07, 6.45) is 4.91. The van der Waals surface area contributed by atoms with Crippen LogP contribution in [-0.2, 0) is 4.79 Å². The van der Waals surface area contributed by atoms with E-state index in [1.54, 1.807) is 26.1 Å². The Morgan fingerprint density at radius 3 is 2.36 bits per heavy atom. The summed E-state index contributed by atoms with van der Waals surface area (Å²) in [5.41, 5.74) is 1.10. The maximum atomic E-state index is 12.9. The highest BCUT2D eigenvalue weighted by Gasteiger charge is 2.25. The molecule has 2 amide bonds. The molecule has 148 valence electrons. The van der Waals surface area contributed by atoms with Gasteiger partial charge in [0.25, 0.3) is 11.8 Å². The molecule has 2 aromatic rings. The Morgan fingerprint density at radius 2 is 1.64 bits per heavy atom. The van der Waals surface area contributed by atoms with Gasteiger partial charge in [0.05, 0.1) is 11.3 Å². The van der Waals surface area contributed by atoms with Crippen molar-refractivity contribution in [2.75, 3.05) is 11.9 Å². The summed E-state index contributed by atoms with van der Waals surface area (Å²) < 4.78 is 5.75. The highest BCUT2D eigenvalue weighted by molar-refractivity contribution is 6.05. The molecular formula is C23H28N2O3. The summed E-state index contributed by atoms with van der Waals surface area (Å²) in [7, 11) is 1.68. The van der Waals surface area contributed by atoms with Crippen LogP contribution in [0.25, 0.3) is 0 Å². The lowest BCUT2D eigenvalue weighted by Crippen LogP contribution is -2.40. The first-order valence-corrected chi connectivity index (χ1v) is 9.95. The van der Waals surface area contributed by atoms with Gasteiger partial charge in [-0.1, -0.05) is 49.6 Å². The van der Waals surface area contributed by atoms with E-state index < -0.39 is 6.10 Å². The molecule has 0 radical (unpaired) electrons. The summed E-state index contributed by atoms with van der Waals surface area (Å²) in [4.78, 5) is 27.2. The second-order valence-electron chi connectivity index (χ2n) is 7.30. The number of nitrogens with one attached hydrogen (secondary N) is 1. The fourth-order valence-electron chi connectivity index (χ4n) is 3.61. The number of rotatable bonds is 6. The number of ether oxygens (including phenoxy) is 1. The molecule has 0 aliphatic heterocycles. The minimum Gasteiger partial charge on any atom is -0.481 e. The monoisotopic (exact) mass is 380 g/mol. The molecule has 2 aromatic carbocycles. The normalized spacial score (nSPS) is 15.5. The minimum absolute atomic E-state index is 0.126. The van der Waals surface area contributed by atoms with Crippen molar-refractivity contribution < 1.29 is 14.3 Å². The van der Waals surface area contributed by atoms with E-state index in [0.717, 1.165) is 25.7 Å². The maximum Gasteiger partial charge on any atom is 0.267 e. The van der Waals surface area contributed by atoms with Gasteiger partial charge in [-0.15, -0.1) is 0 Å². The molecule has 1 unspecified atom stereocenters. The van der Waals surface area contributed by atoms with Gasteiger partial charge in [0.15, 0.2) is 6.10 Å². The highest BCUT2D eigenvalue weighted by Crippen LogP contribution is 2.23. The van der Waals surface area contributed by atoms with E-state index in [9.17, 15) is 9.59 Å². The van der Waals surface area contributed by atoms with Crippen LogP contribution >= 0.6 is 0 Å². The molecule has 1 N–H and O–H groups in total. The maximum absolute atomic E-state index is 12.9. The number of anilines is 1. The van der Waals surface area contributed by atoms with Crippen molar-refractivity contribution in [3.8, 4) is 5.75 Å². The van der Waals surface area contributed by atoms with E-state index in [2.05, 4.69) is 5.32 Å². The van der Waals surface area contributed by atoms with Gasteiger partial charge in [-0.3, -0.25) is 9.59 Å². The number of benzene rings is 2. The number of para-hydroxylation sites is 2. The van der Waals surface area contributed by atoms with Crippen molar-refractivity contribution in [2.24, 2.45) is 0 Å². The lowest BCUT2D eigenvalue weighted by molar-refractivity contribution is -0.124. The average Bonchev–Trinajstić information content (AvgIpc) is 2.74. The lowest BCUT2D eigenvalue weighted by Gasteiger charge is -2.26. The summed E-state index contributed by atoms with van der Waals surface area (Å²) in [6, 6.07) is 16.7. The molecule has 0 bridgehead atoms. The molecule has 0 saturated heterocycles. The van der Waals surface area contributed by atoms with Gasteiger partial charge in [-0.25, -0.2) is 0 Å². The van der Waals surface area contributed by atoms with Crippen molar-refractivity contribution in [3.63, 3.8) is 0 Å². The Hall–Kier alpha value is -2.82. The van der Waals surface area contributed by atoms with Crippen molar-refractivity contribution in [3.05, 3.63) is 60.2 Å². The molecule has 1 fully saturated rings. The van der Waals surface area contributed by atoms with Crippen LogP contribution in [0.3, 0.4) is 0 Å². The quantitative estimate of drug-likeness (QED) is 0.818. The van der Waals surface area contributed by atoms with E-state index in [1.807, 2.05) is 42.5 Å². The van der Waals surface area contributed by atoms with Gasteiger partial charge in [0, 0.05) is 13.1 Å². The largest absolute Gasteiger partial charge is 0.481 e. The van der Waals surface area contributed by atoms with Gasteiger partial charge in [-0.2, -0.15) is 0 Å². The molecule has 1 aliphatic carbocycles. The van der Waals surface area contributed by atoms with Crippen LogP contribution in [-0.4, -0.2) is 31.0 Å². The third-order valence-corrected chi connectivity index (χ3v) is 5.18. The Bertz CT molecular complexity index is 801. The summed E-state index contributed by atoms with van der Waals surface area (Å²) in [5.74, 6) is 0.306. The Labute approximate surface area is 166 Å². The summed E-state index contributed by atoms with van der Waals surface area (Å²) in [5, 5.41) is 3.13. The fourth-order valence-corrected chi connectivity index (χ4v) is 3.61. The SMILES string of the molecule is CC(Oc1ccccc1)C(=O)N(C)c1ccccc1C(=O)NC1CCCCC1. The topological polar surface area (TPSA) is 58.6 Å². The number of carbonyl (C=O) groups is 2. The molecule has 1 aliphatic rings. The first-order valence-electron chi connectivity index (χ1n) is 9.95. The molecule has 3 rings (SSSR count). The van der Waals surface area contributed by atoms with Gasteiger partial charge in [0.2, 0.25) is 0 Å². The van der Waals surface area contributed by atoms with Crippen LogP contribution in [0.5, 0.6) is 5.75 Å². The standard InChI is InChI=1S/C23H28N2O3/c1-17(28-19-13-7-4-8-14-19)23(27)25(2)21-16-10-9-15-20(21)22(26)24-18-11-5-3-6-12-18/h4,7-10,13-18H,3,5-6,11-12H2,1-2H3,(H,24,26). The summed E-state index contributed by atoms with van der Waals surface area (Å²) >= 11 is 0. The van der Waals surface area contributed by atoms with Crippen molar-refractivity contribution in [2.45, 2.75) is 51.2 Å². The first-order chi connectivity index (χ1) is 13.6. The van der Waals surface area contributed by atoms with E-state index in [1.165, 1.54) is 11.3 Å². The lowest BCUT2D eigenvalue weighted by atomic mass is 9.95. The molecular weight excluding hydrogens is 352 g/mol. The third-order valence-electron chi connectivity index (χ3n) is 5.18. The van der Waals surface area contributed by atoms with E-state index in [-0.39, 0.29) is 17.9 Å². The second-order valence-corrected chi connectivity index (χ2v) is 7.30. The van der Waals surface area contributed by atoms with Crippen LogP contribution in [0, 0.1) is 0 Å². The van der Waals surface area contributed by atoms with E-state index >= 15 is 0 Å². The molecule has 0 aromatic heterocycles. The predicted molar refractivity (Wildman–Crippen MR) is 111 cm³/mol. The zero-order valence-corrected chi connectivity index (χ0v) is 16.6. The third kappa shape index (κ3) is 4.91. The molecule has 28 heavy (non-hydrogen) atoms. The van der Waals surface area contributed by atoms with Gasteiger partial charge in [-0.05, 0) is 44.0 Å². The number of nitrogens with zero attached hydrogens (tertiary/aromatic N) is 1. The number of likely N-dealkylation sites (N-methyl/N-ethyl adjacent to an activating group) is 1. The first kappa shape index (κ1) is 19.9. The summed E-state index contributed by atoms with van der Waals surface area (Å²) in [6.45, 7) is 1.72. The van der Waals surface area contributed by atoms with Crippen LogP contribution < -0.4 is 15.0 Å². The zero-order chi connectivity index (χ0) is 19.9. The average molecular weight is 380 g/mol. The van der Waals surface area contributed by atoms with Gasteiger partial charge < -0.3 is 15.0 Å². The van der Waals surface area contributed by atoms with Crippen LogP contribution in [0.4, 0.5) is 5.69 Å². The van der Waals surface area contributed by atoms with E-state index in [0.29, 0.717) is 17.0 Å². The zero-order valence-electron chi connectivity index (χ0n) is 16.6. The fraction of sp³-hybridized carbons (Fsp3) is 0.391. The van der Waals surface area contributed by atoms with Crippen LogP contribution in [0.15, 0.2) is 54.6 Å². The molecule has 1 atom stereocenters. The smallest absolute Gasteiger partial charge is 0.267 e. The molecule has 5 nitrogen and oxygen atoms in total. The Morgan fingerprint density at radius 1 is 1.00 bits per heavy atom. The predicted octanol–water partition coefficient (Wildman–Crippen LogP) is 4.18. The molecule has 0 heterocycles. The molecule has 1 saturated carbocycles. The number of hydrogen-bond donors (Lipinski definition) is 1. The minimum atomic E-state index is -0.665. The van der Waals surface area contributed by atoms with Crippen molar-refractivity contribution in [1.29, 1.82) is 0 Å². The molecule has 0 spiro atoms. The van der Waals surface area contributed by atoms with Crippen LogP contribution in [0.1, 0.15) is 49.4 Å². The number of carbonyl (C=O) groups excluding carboxylic acids is 2. The number of hydrogen-bond acceptors (Lipinski definition) is 3. The van der Waals surface area contributed by atoms with Gasteiger partial charge >= 0.3 is 0 Å². The Kier molecular flexibility index (Phi) is 6.69. The van der Waals surface area contributed by atoms with Crippen molar-refractivity contribution >= 4 is 17.5 Å². The van der Waals surface area contributed by atoms with Crippen LogP contribution in [0.2, 0.25) is 0 Å². The second kappa shape index (κ2) is 9.40. The number of amides is 2.